The van der Waals surface area contributed by atoms with E-state index in [0.717, 1.165) is 30.4 Å². The van der Waals surface area contributed by atoms with Crippen LogP contribution in [0.15, 0.2) is 34.2 Å². The molecule has 1 aromatic rings. The third kappa shape index (κ3) is 2.12. The molecule has 2 N–H and O–H groups in total. The van der Waals surface area contributed by atoms with Gasteiger partial charge in [-0.1, -0.05) is 12.5 Å². The molecule has 136 valence electrons. The fourth-order valence-electron chi connectivity index (χ4n) is 5.69. The number of furan rings is 1. The predicted molar refractivity (Wildman–Crippen MR) is 90.6 cm³/mol. The molecular formula is C20H26O5. The zero-order valence-corrected chi connectivity index (χ0v) is 15.0. The van der Waals surface area contributed by atoms with E-state index in [4.69, 9.17) is 9.15 Å². The first-order valence-corrected chi connectivity index (χ1v) is 9.08. The SMILES string of the molecule is CC1=C(CCc2ccoc2)[C@@]2(C)CCC(O)[C@]3(C)C(=O)O[C@H]([C@H]1O)[C@@H]32. The number of hydrogen-bond acceptors (Lipinski definition) is 5. The van der Waals surface area contributed by atoms with Gasteiger partial charge in [-0.2, -0.15) is 0 Å². The van der Waals surface area contributed by atoms with Crippen LogP contribution in [-0.2, 0) is 16.0 Å². The van der Waals surface area contributed by atoms with Crippen molar-refractivity contribution >= 4 is 5.97 Å². The van der Waals surface area contributed by atoms with Crippen molar-refractivity contribution < 1.29 is 24.2 Å². The van der Waals surface area contributed by atoms with Crippen LogP contribution in [0.5, 0.6) is 0 Å². The molecule has 0 radical (unpaired) electrons. The van der Waals surface area contributed by atoms with Gasteiger partial charge in [0.15, 0.2) is 0 Å². The predicted octanol–water partition coefficient (Wildman–Crippen LogP) is 2.61. The Balaban J connectivity index is 1.76. The van der Waals surface area contributed by atoms with E-state index in [0.29, 0.717) is 6.42 Å². The van der Waals surface area contributed by atoms with Crippen LogP contribution in [0.25, 0.3) is 0 Å². The average Bonchev–Trinajstić information content (AvgIpc) is 3.18. The molecule has 0 bridgehead atoms. The summed E-state index contributed by atoms with van der Waals surface area (Å²) in [5, 5.41) is 21.4. The van der Waals surface area contributed by atoms with Crippen LogP contribution in [-0.4, -0.2) is 34.5 Å². The standard InChI is InChI=1S/C20H26O5/c1-11-13(5-4-12-7-9-24-10-12)19(2)8-6-14(21)20(3)17(19)16(15(11)22)25-18(20)23/h7,9-10,14-17,21-22H,4-6,8H2,1-3H3/t14?,15-,16+,17+,19+,20-/m0/s1. The maximum Gasteiger partial charge on any atom is 0.315 e. The Morgan fingerprint density at radius 2 is 2.04 bits per heavy atom. The van der Waals surface area contributed by atoms with E-state index in [-0.39, 0.29) is 17.3 Å². The van der Waals surface area contributed by atoms with Crippen molar-refractivity contribution in [2.24, 2.45) is 16.7 Å². The van der Waals surface area contributed by atoms with Crippen molar-refractivity contribution in [3.63, 3.8) is 0 Å². The van der Waals surface area contributed by atoms with Crippen molar-refractivity contribution in [3.8, 4) is 0 Å². The molecule has 1 unspecified atom stereocenters. The van der Waals surface area contributed by atoms with Gasteiger partial charge in [-0.3, -0.25) is 4.79 Å². The first-order valence-electron chi connectivity index (χ1n) is 9.08. The molecule has 0 spiro atoms. The maximum atomic E-state index is 12.6. The van der Waals surface area contributed by atoms with Crippen LogP contribution in [0.2, 0.25) is 0 Å². The first-order chi connectivity index (χ1) is 11.8. The molecule has 1 aliphatic heterocycles. The Morgan fingerprint density at radius 3 is 2.72 bits per heavy atom. The number of hydrogen-bond donors (Lipinski definition) is 2. The quantitative estimate of drug-likeness (QED) is 0.650. The molecule has 1 aromatic heterocycles. The van der Waals surface area contributed by atoms with Gasteiger partial charge in [-0.15, -0.1) is 0 Å². The van der Waals surface area contributed by atoms with E-state index < -0.39 is 23.7 Å². The lowest BCUT2D eigenvalue weighted by atomic mass is 9.48. The van der Waals surface area contributed by atoms with E-state index in [1.165, 1.54) is 5.57 Å². The van der Waals surface area contributed by atoms with Gasteiger partial charge in [0.05, 0.1) is 24.0 Å². The number of aliphatic hydroxyl groups excluding tert-OH is 2. The number of esters is 1. The molecule has 2 aliphatic carbocycles. The smallest absolute Gasteiger partial charge is 0.315 e. The van der Waals surface area contributed by atoms with Gasteiger partial charge in [0.25, 0.3) is 0 Å². The highest BCUT2D eigenvalue weighted by atomic mass is 16.6. The fraction of sp³-hybridized carbons (Fsp3) is 0.650. The summed E-state index contributed by atoms with van der Waals surface area (Å²) < 4.78 is 10.8. The topological polar surface area (TPSA) is 79.9 Å². The van der Waals surface area contributed by atoms with Crippen LogP contribution >= 0.6 is 0 Å². The van der Waals surface area contributed by atoms with Crippen molar-refractivity contribution in [1.82, 2.24) is 0 Å². The normalized spacial score (nSPS) is 43.2. The molecule has 5 nitrogen and oxygen atoms in total. The van der Waals surface area contributed by atoms with Crippen LogP contribution < -0.4 is 0 Å². The van der Waals surface area contributed by atoms with Gasteiger partial charge in [-0.25, -0.2) is 0 Å². The van der Waals surface area contributed by atoms with Gasteiger partial charge in [0.1, 0.15) is 12.2 Å². The Labute approximate surface area is 147 Å². The summed E-state index contributed by atoms with van der Waals surface area (Å²) in [6.07, 6.45) is 4.35. The highest BCUT2D eigenvalue weighted by Gasteiger charge is 2.69. The minimum Gasteiger partial charge on any atom is -0.472 e. The minimum absolute atomic E-state index is 0.200. The summed E-state index contributed by atoms with van der Waals surface area (Å²) in [5.41, 5.74) is 2.05. The Kier molecular flexibility index (Phi) is 3.68. The number of ether oxygens (including phenoxy) is 1. The monoisotopic (exact) mass is 346 g/mol. The van der Waals surface area contributed by atoms with E-state index in [9.17, 15) is 15.0 Å². The molecule has 1 saturated carbocycles. The lowest BCUT2D eigenvalue weighted by Gasteiger charge is -2.54. The van der Waals surface area contributed by atoms with Crippen molar-refractivity contribution in [2.45, 2.75) is 64.8 Å². The zero-order chi connectivity index (χ0) is 18.0. The third-order valence-electron chi connectivity index (χ3n) is 7.14. The van der Waals surface area contributed by atoms with Gasteiger partial charge < -0.3 is 19.4 Å². The number of rotatable bonds is 3. The molecule has 6 atom stereocenters. The second-order valence-corrected chi connectivity index (χ2v) is 8.34. The molecule has 0 aromatic carbocycles. The molecule has 1 saturated heterocycles. The van der Waals surface area contributed by atoms with Crippen molar-refractivity contribution in [3.05, 3.63) is 35.3 Å². The number of carbonyl (C=O) groups is 1. The molecule has 3 aliphatic rings. The molecule has 5 heteroatoms. The largest absolute Gasteiger partial charge is 0.472 e. The number of allylic oxidation sites excluding steroid dienone is 1. The summed E-state index contributed by atoms with van der Waals surface area (Å²) in [5.74, 6) is -0.571. The van der Waals surface area contributed by atoms with E-state index in [1.807, 2.05) is 19.9 Å². The Morgan fingerprint density at radius 1 is 1.28 bits per heavy atom. The zero-order valence-electron chi connectivity index (χ0n) is 15.0. The molecule has 2 heterocycles. The van der Waals surface area contributed by atoms with E-state index in [2.05, 4.69) is 6.92 Å². The number of aryl methyl sites for hydroxylation is 1. The van der Waals surface area contributed by atoms with Crippen molar-refractivity contribution in [1.29, 1.82) is 0 Å². The lowest BCUT2D eigenvalue weighted by molar-refractivity contribution is -0.156. The van der Waals surface area contributed by atoms with Gasteiger partial charge >= 0.3 is 5.97 Å². The maximum absolute atomic E-state index is 12.6. The second-order valence-electron chi connectivity index (χ2n) is 8.34. The first kappa shape index (κ1) is 16.9. The van der Waals surface area contributed by atoms with Gasteiger partial charge in [0, 0.05) is 5.92 Å². The van der Waals surface area contributed by atoms with Crippen LogP contribution in [0.3, 0.4) is 0 Å². The molecule has 4 rings (SSSR count). The Hall–Kier alpha value is -1.59. The highest BCUT2D eigenvalue weighted by Crippen LogP contribution is 2.64. The van der Waals surface area contributed by atoms with Crippen LogP contribution in [0.4, 0.5) is 0 Å². The second kappa shape index (κ2) is 5.45. The summed E-state index contributed by atoms with van der Waals surface area (Å²) in [6, 6.07) is 1.96. The van der Waals surface area contributed by atoms with Gasteiger partial charge in [0.2, 0.25) is 0 Å². The fourth-order valence-corrected chi connectivity index (χ4v) is 5.69. The van der Waals surface area contributed by atoms with Crippen LogP contribution in [0.1, 0.15) is 45.6 Å². The molecular weight excluding hydrogens is 320 g/mol. The molecule has 2 fully saturated rings. The lowest BCUT2D eigenvalue weighted by Crippen LogP contribution is -2.58. The van der Waals surface area contributed by atoms with E-state index in [1.54, 1.807) is 12.5 Å². The van der Waals surface area contributed by atoms with Crippen LogP contribution in [0, 0.1) is 16.7 Å². The minimum atomic E-state index is -0.944. The summed E-state index contributed by atoms with van der Waals surface area (Å²) in [4.78, 5) is 12.6. The summed E-state index contributed by atoms with van der Waals surface area (Å²) in [7, 11) is 0. The van der Waals surface area contributed by atoms with Gasteiger partial charge in [-0.05, 0) is 62.1 Å². The van der Waals surface area contributed by atoms with E-state index >= 15 is 0 Å². The highest BCUT2D eigenvalue weighted by molar-refractivity contribution is 5.81. The Bertz CT molecular complexity index is 720. The summed E-state index contributed by atoms with van der Waals surface area (Å²) in [6.45, 7) is 5.94. The number of carbonyl (C=O) groups excluding carboxylic acids is 1. The number of aliphatic hydroxyl groups is 2. The van der Waals surface area contributed by atoms with Crippen molar-refractivity contribution in [2.75, 3.05) is 0 Å². The summed E-state index contributed by atoms with van der Waals surface area (Å²) >= 11 is 0. The molecule has 25 heavy (non-hydrogen) atoms. The average molecular weight is 346 g/mol. The molecule has 0 amide bonds. The third-order valence-corrected chi connectivity index (χ3v) is 7.14.